The minimum Gasteiger partial charge on any atom is -0.356 e. The van der Waals surface area contributed by atoms with Crippen LogP contribution in [0.1, 0.15) is 25.7 Å². The summed E-state index contributed by atoms with van der Waals surface area (Å²) < 4.78 is 2.14. The van der Waals surface area contributed by atoms with Crippen LogP contribution in [0.2, 0.25) is 0 Å². The van der Waals surface area contributed by atoms with Crippen LogP contribution in [0, 0.1) is 17.8 Å². The summed E-state index contributed by atoms with van der Waals surface area (Å²) in [7, 11) is 0. The van der Waals surface area contributed by atoms with Gasteiger partial charge < -0.3 is 15.6 Å². The van der Waals surface area contributed by atoms with Gasteiger partial charge in [0.25, 0.3) is 0 Å². The number of nitrogens with zero attached hydrogens (tertiary/aromatic N) is 2. The van der Waals surface area contributed by atoms with Gasteiger partial charge in [-0.3, -0.25) is 4.79 Å². The lowest BCUT2D eigenvalue weighted by atomic mass is 9.84. The molecule has 0 saturated heterocycles. The van der Waals surface area contributed by atoms with Crippen molar-refractivity contribution in [1.29, 1.82) is 0 Å². The van der Waals surface area contributed by atoms with E-state index in [1.165, 1.54) is 12.8 Å². The smallest absolute Gasteiger partial charge is 0.224 e. The van der Waals surface area contributed by atoms with Gasteiger partial charge in [-0.05, 0) is 49.7 Å². The quantitative estimate of drug-likeness (QED) is 0.828. The van der Waals surface area contributed by atoms with Crippen molar-refractivity contribution >= 4 is 16.9 Å². The number of amides is 1. The molecule has 4 rings (SSSR count). The van der Waals surface area contributed by atoms with Crippen LogP contribution in [-0.4, -0.2) is 28.0 Å². The van der Waals surface area contributed by atoms with Crippen molar-refractivity contribution < 1.29 is 4.79 Å². The SMILES string of the molecule is NC1C2CCC(C2)C1C(=O)NCCCn1cnc2ccccc21. The van der Waals surface area contributed by atoms with Crippen LogP contribution in [0.3, 0.4) is 0 Å². The first-order valence-corrected chi connectivity index (χ1v) is 8.67. The minimum atomic E-state index is 0.0443. The molecular formula is C18H24N4O. The van der Waals surface area contributed by atoms with E-state index in [2.05, 4.69) is 20.9 Å². The zero-order valence-corrected chi connectivity index (χ0v) is 13.3. The fourth-order valence-corrected chi connectivity index (χ4v) is 4.49. The number of nitrogens with two attached hydrogens (primary N) is 1. The molecule has 0 aliphatic heterocycles. The number of imidazole rings is 1. The molecular weight excluding hydrogens is 288 g/mol. The summed E-state index contributed by atoms with van der Waals surface area (Å²) in [6.45, 7) is 1.56. The lowest BCUT2D eigenvalue weighted by Gasteiger charge is -2.27. The number of carbonyl (C=O) groups is 1. The summed E-state index contributed by atoms with van der Waals surface area (Å²) in [6, 6.07) is 8.20. The second-order valence-electron chi connectivity index (χ2n) is 7.01. The molecule has 2 fully saturated rings. The number of carbonyl (C=O) groups excluding carboxylic acids is 1. The van der Waals surface area contributed by atoms with Crippen LogP contribution in [0.5, 0.6) is 0 Å². The van der Waals surface area contributed by atoms with Gasteiger partial charge in [0.2, 0.25) is 5.91 Å². The summed E-state index contributed by atoms with van der Waals surface area (Å²) in [5.41, 5.74) is 8.40. The van der Waals surface area contributed by atoms with E-state index in [0.29, 0.717) is 18.4 Å². The maximum Gasteiger partial charge on any atom is 0.224 e. The Labute approximate surface area is 136 Å². The highest BCUT2D eigenvalue weighted by Crippen LogP contribution is 2.47. The fourth-order valence-electron chi connectivity index (χ4n) is 4.49. The Balaban J connectivity index is 1.28. The van der Waals surface area contributed by atoms with Crippen molar-refractivity contribution in [2.24, 2.45) is 23.5 Å². The lowest BCUT2D eigenvalue weighted by Crippen LogP contribution is -2.45. The van der Waals surface area contributed by atoms with Crippen molar-refractivity contribution in [3.05, 3.63) is 30.6 Å². The molecule has 23 heavy (non-hydrogen) atoms. The Hall–Kier alpha value is -1.88. The van der Waals surface area contributed by atoms with Gasteiger partial charge in [0.15, 0.2) is 0 Å². The van der Waals surface area contributed by atoms with E-state index in [4.69, 9.17) is 5.73 Å². The normalized spacial score (nSPS) is 29.3. The van der Waals surface area contributed by atoms with Gasteiger partial charge in [-0.1, -0.05) is 12.1 Å². The highest BCUT2D eigenvalue weighted by Gasteiger charge is 2.48. The number of aromatic nitrogens is 2. The molecule has 122 valence electrons. The summed E-state index contributed by atoms with van der Waals surface area (Å²) in [5.74, 6) is 1.31. The molecule has 5 heteroatoms. The molecule has 3 N–H and O–H groups in total. The summed E-state index contributed by atoms with van der Waals surface area (Å²) in [4.78, 5) is 16.8. The van der Waals surface area contributed by atoms with E-state index in [0.717, 1.165) is 30.4 Å². The molecule has 1 aromatic heterocycles. The molecule has 2 aromatic rings. The van der Waals surface area contributed by atoms with E-state index < -0.39 is 0 Å². The van der Waals surface area contributed by atoms with Crippen LogP contribution in [0.25, 0.3) is 11.0 Å². The number of fused-ring (bicyclic) bond motifs is 3. The van der Waals surface area contributed by atoms with Crippen LogP contribution in [0.15, 0.2) is 30.6 Å². The van der Waals surface area contributed by atoms with Crippen LogP contribution >= 0.6 is 0 Å². The van der Waals surface area contributed by atoms with Crippen LogP contribution < -0.4 is 11.1 Å². The van der Waals surface area contributed by atoms with Gasteiger partial charge in [-0.25, -0.2) is 4.98 Å². The van der Waals surface area contributed by atoms with E-state index in [1.54, 1.807) is 0 Å². The number of para-hydroxylation sites is 2. The largest absolute Gasteiger partial charge is 0.356 e. The minimum absolute atomic E-state index is 0.0443. The van der Waals surface area contributed by atoms with Crippen molar-refractivity contribution in [3.8, 4) is 0 Å². The maximum atomic E-state index is 12.4. The predicted octanol–water partition coefficient (Wildman–Crippen LogP) is 1.92. The number of rotatable bonds is 5. The Kier molecular flexibility index (Phi) is 3.81. The first-order chi connectivity index (χ1) is 11.2. The summed E-state index contributed by atoms with van der Waals surface area (Å²) in [5, 5.41) is 3.10. The molecule has 0 radical (unpaired) electrons. The van der Waals surface area contributed by atoms with Gasteiger partial charge >= 0.3 is 0 Å². The second kappa shape index (κ2) is 5.96. The highest BCUT2D eigenvalue weighted by atomic mass is 16.1. The van der Waals surface area contributed by atoms with Crippen molar-refractivity contribution in [1.82, 2.24) is 14.9 Å². The Bertz CT molecular complexity index is 708. The third-order valence-electron chi connectivity index (χ3n) is 5.69. The van der Waals surface area contributed by atoms with E-state index >= 15 is 0 Å². The van der Waals surface area contributed by atoms with Gasteiger partial charge in [0, 0.05) is 19.1 Å². The zero-order chi connectivity index (χ0) is 15.8. The van der Waals surface area contributed by atoms with E-state index in [9.17, 15) is 4.79 Å². The fraction of sp³-hybridized carbons (Fsp3) is 0.556. The maximum absolute atomic E-state index is 12.4. The first kappa shape index (κ1) is 14.7. The summed E-state index contributed by atoms with van der Waals surface area (Å²) >= 11 is 0. The summed E-state index contributed by atoms with van der Waals surface area (Å²) in [6.07, 6.45) is 6.32. The second-order valence-corrected chi connectivity index (χ2v) is 7.01. The average Bonchev–Trinajstić information content (AvgIpc) is 3.26. The Morgan fingerprint density at radius 1 is 1.30 bits per heavy atom. The molecule has 4 unspecified atom stereocenters. The van der Waals surface area contributed by atoms with Crippen LogP contribution in [0.4, 0.5) is 0 Å². The molecule has 2 bridgehead atoms. The molecule has 4 atom stereocenters. The Morgan fingerprint density at radius 3 is 2.96 bits per heavy atom. The van der Waals surface area contributed by atoms with Gasteiger partial charge in [-0.2, -0.15) is 0 Å². The number of hydrogen-bond donors (Lipinski definition) is 2. The average molecular weight is 312 g/mol. The van der Waals surface area contributed by atoms with Crippen LogP contribution in [-0.2, 0) is 11.3 Å². The van der Waals surface area contributed by atoms with Gasteiger partial charge in [0.1, 0.15) is 0 Å². The molecule has 1 aromatic carbocycles. The predicted molar refractivity (Wildman–Crippen MR) is 89.7 cm³/mol. The van der Waals surface area contributed by atoms with Crippen molar-refractivity contribution in [3.63, 3.8) is 0 Å². The number of nitrogens with one attached hydrogen (secondary N) is 1. The number of hydrogen-bond acceptors (Lipinski definition) is 3. The number of benzene rings is 1. The third kappa shape index (κ3) is 2.63. The van der Waals surface area contributed by atoms with E-state index in [-0.39, 0.29) is 17.9 Å². The van der Waals surface area contributed by atoms with Crippen molar-refractivity contribution in [2.45, 2.75) is 38.3 Å². The molecule has 1 amide bonds. The monoisotopic (exact) mass is 312 g/mol. The molecule has 1 heterocycles. The Morgan fingerprint density at radius 2 is 2.13 bits per heavy atom. The molecule has 2 aliphatic carbocycles. The highest BCUT2D eigenvalue weighted by molar-refractivity contribution is 5.80. The molecule has 5 nitrogen and oxygen atoms in total. The number of aryl methyl sites for hydroxylation is 1. The van der Waals surface area contributed by atoms with Crippen molar-refractivity contribution in [2.75, 3.05) is 6.54 Å². The molecule has 0 spiro atoms. The standard InChI is InChI=1S/C18H24N4O/c19-17-13-7-6-12(10-13)16(17)18(23)20-8-3-9-22-11-21-14-4-1-2-5-15(14)22/h1-2,4-5,11-13,16-17H,3,6-10,19H2,(H,20,23). The zero-order valence-electron chi connectivity index (χ0n) is 13.3. The lowest BCUT2D eigenvalue weighted by molar-refractivity contribution is -0.127. The molecule has 2 saturated carbocycles. The first-order valence-electron chi connectivity index (χ1n) is 8.67. The topological polar surface area (TPSA) is 72.9 Å². The van der Waals surface area contributed by atoms with Gasteiger partial charge in [0.05, 0.1) is 23.3 Å². The van der Waals surface area contributed by atoms with E-state index in [1.807, 2.05) is 24.5 Å². The third-order valence-corrected chi connectivity index (χ3v) is 5.69. The molecule has 2 aliphatic rings. The van der Waals surface area contributed by atoms with Gasteiger partial charge in [-0.15, -0.1) is 0 Å².